The summed E-state index contributed by atoms with van der Waals surface area (Å²) in [6, 6.07) is 5.96. The van der Waals surface area contributed by atoms with Gasteiger partial charge in [0.05, 0.1) is 0 Å². The third-order valence-electron chi connectivity index (χ3n) is 8.32. The molecule has 1 aromatic heterocycles. The van der Waals surface area contributed by atoms with E-state index in [0.29, 0.717) is 30.7 Å². The van der Waals surface area contributed by atoms with Crippen LogP contribution in [0.4, 0.5) is 0 Å². The van der Waals surface area contributed by atoms with Gasteiger partial charge in [-0.15, -0.1) is 0 Å². The fourth-order valence-electron chi connectivity index (χ4n) is 6.27. The fourth-order valence-corrected chi connectivity index (χ4v) is 6.27. The zero-order valence-electron chi connectivity index (χ0n) is 22.4. The zero-order chi connectivity index (χ0) is 25.8. The van der Waals surface area contributed by atoms with E-state index in [0.717, 1.165) is 44.8 Å². The van der Waals surface area contributed by atoms with Crippen LogP contribution in [0.2, 0.25) is 0 Å². The van der Waals surface area contributed by atoms with E-state index in [1.807, 2.05) is 19.9 Å². The fraction of sp³-hybridized carbons (Fsp3) is 0.655. The number of aromatic nitrogens is 1. The molecule has 1 fully saturated rings. The smallest absolute Gasteiger partial charge is 0.253 e. The Balaban J connectivity index is 1.53. The summed E-state index contributed by atoms with van der Waals surface area (Å²) < 4.78 is 7.91. The van der Waals surface area contributed by atoms with Gasteiger partial charge in [0, 0.05) is 74.6 Å². The predicted molar refractivity (Wildman–Crippen MR) is 142 cm³/mol. The van der Waals surface area contributed by atoms with Crippen LogP contribution in [0.1, 0.15) is 74.0 Å². The molecule has 198 valence electrons. The SMILES string of the molecule is CC(C)NC(=O)CC[C@@H](CCO)N(C)C(=O)c1ccc2c(c1)c1c(n2C)CC[C@@H](C2CCOCC2)C1. The summed E-state index contributed by atoms with van der Waals surface area (Å²) in [6.07, 6.45) is 7.00. The first-order chi connectivity index (χ1) is 17.3. The maximum atomic E-state index is 13.5. The van der Waals surface area contributed by atoms with Crippen molar-refractivity contribution < 1.29 is 19.4 Å². The van der Waals surface area contributed by atoms with Crippen LogP contribution >= 0.6 is 0 Å². The van der Waals surface area contributed by atoms with E-state index >= 15 is 0 Å². The van der Waals surface area contributed by atoms with Crippen molar-refractivity contribution >= 4 is 22.7 Å². The molecule has 2 aliphatic rings. The first-order valence-electron chi connectivity index (χ1n) is 13.7. The Hall–Kier alpha value is -2.38. The molecule has 2 N–H and O–H groups in total. The molecule has 1 aliphatic carbocycles. The molecular weight excluding hydrogens is 454 g/mol. The Morgan fingerprint density at radius 3 is 2.61 bits per heavy atom. The third-order valence-corrected chi connectivity index (χ3v) is 8.32. The van der Waals surface area contributed by atoms with Gasteiger partial charge in [0.15, 0.2) is 0 Å². The highest BCUT2D eigenvalue weighted by Gasteiger charge is 2.31. The molecule has 0 saturated carbocycles. The Bertz CT molecular complexity index is 1070. The molecule has 7 heteroatoms. The second kappa shape index (κ2) is 11.8. The molecular formula is C29H43N3O4. The van der Waals surface area contributed by atoms with Crippen molar-refractivity contribution in [2.45, 2.75) is 77.3 Å². The van der Waals surface area contributed by atoms with Crippen molar-refractivity contribution in [3.8, 4) is 0 Å². The molecule has 0 spiro atoms. The van der Waals surface area contributed by atoms with Gasteiger partial charge >= 0.3 is 0 Å². The van der Waals surface area contributed by atoms with Crippen LogP contribution in [0, 0.1) is 11.8 Å². The number of nitrogens with zero attached hydrogens (tertiary/aromatic N) is 2. The van der Waals surface area contributed by atoms with Gasteiger partial charge in [-0.1, -0.05) is 0 Å². The number of benzene rings is 1. The number of hydrogen-bond donors (Lipinski definition) is 2. The van der Waals surface area contributed by atoms with Gasteiger partial charge < -0.3 is 24.6 Å². The first-order valence-corrected chi connectivity index (χ1v) is 13.7. The van der Waals surface area contributed by atoms with Crippen molar-refractivity contribution in [3.05, 3.63) is 35.0 Å². The van der Waals surface area contributed by atoms with E-state index in [1.54, 1.807) is 11.9 Å². The van der Waals surface area contributed by atoms with Gasteiger partial charge in [-0.05, 0) is 94.4 Å². The van der Waals surface area contributed by atoms with Gasteiger partial charge in [0.1, 0.15) is 0 Å². The van der Waals surface area contributed by atoms with E-state index < -0.39 is 0 Å². The molecule has 2 atom stereocenters. The van der Waals surface area contributed by atoms with E-state index in [9.17, 15) is 14.7 Å². The lowest BCUT2D eigenvalue weighted by molar-refractivity contribution is -0.121. The van der Waals surface area contributed by atoms with Crippen molar-refractivity contribution in [2.24, 2.45) is 18.9 Å². The number of fused-ring (bicyclic) bond motifs is 3. The summed E-state index contributed by atoms with van der Waals surface area (Å²) in [6.45, 7) is 5.60. The van der Waals surface area contributed by atoms with E-state index in [-0.39, 0.29) is 30.5 Å². The highest BCUT2D eigenvalue weighted by Crippen LogP contribution is 2.39. The minimum atomic E-state index is -0.196. The Morgan fingerprint density at radius 1 is 1.17 bits per heavy atom. The van der Waals surface area contributed by atoms with Crippen molar-refractivity contribution in [2.75, 3.05) is 26.9 Å². The van der Waals surface area contributed by atoms with Crippen LogP contribution in [0.5, 0.6) is 0 Å². The van der Waals surface area contributed by atoms with E-state index in [2.05, 4.69) is 29.1 Å². The van der Waals surface area contributed by atoms with Crippen LogP contribution < -0.4 is 5.32 Å². The Labute approximate surface area is 215 Å². The molecule has 2 heterocycles. The number of aryl methyl sites for hydroxylation is 1. The highest BCUT2D eigenvalue weighted by molar-refractivity contribution is 5.99. The summed E-state index contributed by atoms with van der Waals surface area (Å²) in [4.78, 5) is 27.4. The monoisotopic (exact) mass is 497 g/mol. The number of aliphatic hydroxyl groups excluding tert-OH is 1. The average molecular weight is 498 g/mol. The maximum Gasteiger partial charge on any atom is 0.253 e. The maximum absolute atomic E-state index is 13.5. The van der Waals surface area contributed by atoms with Crippen LogP contribution in [0.3, 0.4) is 0 Å². The van der Waals surface area contributed by atoms with Crippen LogP contribution in [-0.2, 0) is 29.4 Å². The first kappa shape index (κ1) is 26.7. The lowest BCUT2D eigenvalue weighted by atomic mass is 9.75. The normalized spacial score (nSPS) is 19.3. The van der Waals surface area contributed by atoms with Gasteiger partial charge in [0.25, 0.3) is 5.91 Å². The van der Waals surface area contributed by atoms with Gasteiger partial charge in [-0.2, -0.15) is 0 Å². The lowest BCUT2D eigenvalue weighted by Gasteiger charge is -2.33. The number of carbonyl (C=O) groups excluding carboxylic acids is 2. The molecule has 0 bridgehead atoms. The van der Waals surface area contributed by atoms with E-state index in [4.69, 9.17) is 4.74 Å². The average Bonchev–Trinajstić information content (AvgIpc) is 3.16. The van der Waals surface area contributed by atoms with Gasteiger partial charge in [-0.3, -0.25) is 9.59 Å². The largest absolute Gasteiger partial charge is 0.396 e. The topological polar surface area (TPSA) is 83.8 Å². The van der Waals surface area contributed by atoms with E-state index in [1.165, 1.54) is 28.6 Å². The minimum absolute atomic E-state index is 0.0209. The van der Waals surface area contributed by atoms with Gasteiger partial charge in [0.2, 0.25) is 5.91 Å². The van der Waals surface area contributed by atoms with Crippen molar-refractivity contribution in [3.63, 3.8) is 0 Å². The number of rotatable bonds is 9. The summed E-state index contributed by atoms with van der Waals surface area (Å²) in [7, 11) is 3.93. The molecule has 0 unspecified atom stereocenters. The summed E-state index contributed by atoms with van der Waals surface area (Å²) >= 11 is 0. The van der Waals surface area contributed by atoms with Crippen molar-refractivity contribution in [1.29, 1.82) is 0 Å². The molecule has 2 aromatic rings. The molecule has 1 saturated heterocycles. The zero-order valence-corrected chi connectivity index (χ0v) is 22.4. The summed E-state index contributed by atoms with van der Waals surface area (Å²) in [5.41, 5.74) is 4.66. The second-order valence-electron chi connectivity index (χ2n) is 11.0. The molecule has 0 radical (unpaired) electrons. The quantitative estimate of drug-likeness (QED) is 0.551. The minimum Gasteiger partial charge on any atom is -0.396 e. The Kier molecular flexibility index (Phi) is 8.73. The number of ether oxygens (including phenoxy) is 1. The van der Waals surface area contributed by atoms with Gasteiger partial charge in [-0.25, -0.2) is 0 Å². The summed E-state index contributed by atoms with van der Waals surface area (Å²) in [5, 5.41) is 13.7. The number of nitrogens with one attached hydrogen (secondary N) is 1. The van der Waals surface area contributed by atoms with Crippen LogP contribution in [0.15, 0.2) is 18.2 Å². The number of carbonyl (C=O) groups is 2. The number of amides is 2. The molecule has 7 nitrogen and oxygen atoms in total. The third kappa shape index (κ3) is 5.78. The Morgan fingerprint density at radius 2 is 1.92 bits per heavy atom. The standard InChI is InChI=1S/C29H43N3O4/c1-19(2)30-28(34)10-7-23(11-14-33)31(3)29(35)22-6-9-27-25(18-22)24-17-21(5-8-26(24)32(27)4)20-12-15-36-16-13-20/h6,9,18-21,23,33H,5,7-8,10-17H2,1-4H3,(H,30,34)/t21-,23+/m1/s1. The van der Waals surface area contributed by atoms with Crippen molar-refractivity contribution in [1.82, 2.24) is 14.8 Å². The number of hydrogen-bond acceptors (Lipinski definition) is 4. The highest BCUT2D eigenvalue weighted by atomic mass is 16.5. The summed E-state index contributed by atoms with van der Waals surface area (Å²) in [5.74, 6) is 1.32. The number of aliphatic hydroxyl groups is 1. The molecule has 4 rings (SSSR count). The molecule has 2 amide bonds. The molecule has 1 aliphatic heterocycles. The molecule has 1 aromatic carbocycles. The van der Waals surface area contributed by atoms with Crippen LogP contribution in [-0.4, -0.2) is 65.3 Å². The predicted octanol–water partition coefficient (Wildman–Crippen LogP) is 3.84. The molecule has 36 heavy (non-hydrogen) atoms. The second-order valence-corrected chi connectivity index (χ2v) is 11.0. The van der Waals surface area contributed by atoms with Crippen LogP contribution in [0.25, 0.3) is 10.9 Å². The lowest BCUT2D eigenvalue weighted by Crippen LogP contribution is -2.39.